The van der Waals surface area contributed by atoms with E-state index in [1.54, 1.807) is 6.26 Å². The molecule has 0 bridgehead atoms. The smallest absolute Gasteiger partial charge is 0.474 e. The lowest BCUT2D eigenvalue weighted by molar-refractivity contribution is 0.182. The van der Waals surface area contributed by atoms with Crippen molar-refractivity contribution in [3.63, 3.8) is 0 Å². The van der Waals surface area contributed by atoms with E-state index in [0.29, 0.717) is 13.2 Å². The van der Waals surface area contributed by atoms with Gasteiger partial charge in [0.25, 0.3) is 0 Å². The fourth-order valence-electron chi connectivity index (χ4n) is 2.57. The molecule has 2 heterocycles. The van der Waals surface area contributed by atoms with Gasteiger partial charge in [-0.15, -0.1) is 0 Å². The fraction of sp³-hybridized carbons (Fsp3) is 0.692. The molecule has 0 radical (unpaired) electrons. The van der Waals surface area contributed by atoms with Crippen LogP contribution in [0.15, 0.2) is 16.7 Å². The maximum Gasteiger partial charge on any atom is 0.475 e. The summed E-state index contributed by atoms with van der Waals surface area (Å²) < 4.78 is 32.9. The highest BCUT2D eigenvalue weighted by Gasteiger charge is 2.34. The van der Waals surface area contributed by atoms with E-state index in [0.717, 1.165) is 10.9 Å². The van der Waals surface area contributed by atoms with E-state index in [9.17, 15) is 4.57 Å². The Morgan fingerprint density at radius 3 is 2.35 bits per heavy atom. The maximum atomic E-state index is 11.9. The van der Waals surface area contributed by atoms with E-state index in [4.69, 9.17) is 18.0 Å². The third-order valence-corrected chi connectivity index (χ3v) is 11.0. The second kappa shape index (κ2) is 6.58. The topological polar surface area (TPSA) is 57.9 Å². The molecule has 7 heteroatoms. The van der Waals surface area contributed by atoms with E-state index in [1.807, 2.05) is 6.07 Å². The lowest BCUT2D eigenvalue weighted by atomic mass is 10.4. The molecule has 0 N–H and O–H groups in total. The van der Waals surface area contributed by atoms with Gasteiger partial charge in [-0.2, -0.15) is 0 Å². The first kappa shape index (κ1) is 16.0. The summed E-state index contributed by atoms with van der Waals surface area (Å²) in [5.41, 5.74) is 0.890. The van der Waals surface area contributed by atoms with Gasteiger partial charge in [0.2, 0.25) is 0 Å². The zero-order valence-electron chi connectivity index (χ0n) is 12.4. The van der Waals surface area contributed by atoms with Crippen LogP contribution in [-0.2, 0) is 24.7 Å². The van der Waals surface area contributed by atoms with Crippen LogP contribution in [0.3, 0.4) is 0 Å². The van der Waals surface area contributed by atoms with Crippen LogP contribution in [0.1, 0.15) is 26.3 Å². The van der Waals surface area contributed by atoms with Crippen LogP contribution < -0.4 is 5.38 Å². The predicted octanol–water partition coefficient (Wildman–Crippen LogP) is 3.67. The summed E-state index contributed by atoms with van der Waals surface area (Å²) in [7, 11) is -4.82. The third-order valence-electron chi connectivity index (χ3n) is 4.18. The molecule has 1 aliphatic rings. The molecule has 2 rings (SSSR count). The first-order chi connectivity index (χ1) is 9.57. The summed E-state index contributed by atoms with van der Waals surface area (Å²) in [6.45, 7) is 7.54. The number of hydrogen-bond acceptors (Lipinski definition) is 5. The Morgan fingerprint density at radius 2 is 1.80 bits per heavy atom. The van der Waals surface area contributed by atoms with Crippen LogP contribution in [0.2, 0.25) is 18.1 Å². The molecule has 5 nitrogen and oxygen atoms in total. The molecule has 0 unspecified atom stereocenters. The Labute approximate surface area is 121 Å². The SMILES string of the molecule is CC[Si](CC)(CC)c1cc(COP2(=O)OCCO2)co1. The Morgan fingerprint density at radius 1 is 1.20 bits per heavy atom. The molecule has 1 fully saturated rings. The number of furan rings is 1. The minimum atomic E-state index is -3.32. The molecule has 0 amide bonds. The molecule has 0 spiro atoms. The van der Waals surface area contributed by atoms with Crippen LogP contribution in [0.25, 0.3) is 0 Å². The Balaban J connectivity index is 2.03. The molecule has 0 aromatic carbocycles. The average Bonchev–Trinajstić information content (AvgIpc) is 3.10. The molecular formula is C13H23O5PSi. The Kier molecular flexibility index (Phi) is 5.26. The van der Waals surface area contributed by atoms with Crippen LogP contribution in [-0.4, -0.2) is 21.3 Å². The fourth-order valence-corrected chi connectivity index (χ4v) is 7.04. The molecule has 0 aliphatic carbocycles. The molecular weight excluding hydrogens is 295 g/mol. The largest absolute Gasteiger partial charge is 0.475 e. The summed E-state index contributed by atoms with van der Waals surface area (Å²) in [5, 5.41) is 1.11. The second-order valence-electron chi connectivity index (χ2n) is 5.05. The number of phosphoric acid groups is 1. The predicted molar refractivity (Wildman–Crippen MR) is 79.8 cm³/mol. The van der Waals surface area contributed by atoms with Crippen molar-refractivity contribution in [2.75, 3.05) is 13.2 Å². The van der Waals surface area contributed by atoms with Gasteiger partial charge in [-0.05, 0) is 6.07 Å². The zero-order valence-corrected chi connectivity index (χ0v) is 14.3. The van der Waals surface area contributed by atoms with E-state index in [2.05, 4.69) is 20.8 Å². The number of rotatable bonds is 7. The molecule has 0 saturated carbocycles. The van der Waals surface area contributed by atoms with Gasteiger partial charge in [0.1, 0.15) is 8.07 Å². The van der Waals surface area contributed by atoms with Gasteiger partial charge in [0.15, 0.2) is 0 Å². The molecule has 20 heavy (non-hydrogen) atoms. The van der Waals surface area contributed by atoms with E-state index in [-0.39, 0.29) is 6.61 Å². The van der Waals surface area contributed by atoms with Crippen LogP contribution in [0.4, 0.5) is 0 Å². The van der Waals surface area contributed by atoms with Gasteiger partial charge in [-0.1, -0.05) is 38.9 Å². The third kappa shape index (κ3) is 3.26. The molecule has 1 aromatic rings. The molecule has 1 saturated heterocycles. The van der Waals surface area contributed by atoms with Gasteiger partial charge < -0.3 is 4.42 Å². The van der Waals surface area contributed by atoms with Gasteiger partial charge >= 0.3 is 7.82 Å². The lowest BCUT2D eigenvalue weighted by Crippen LogP contribution is -2.44. The summed E-state index contributed by atoms with van der Waals surface area (Å²) >= 11 is 0. The van der Waals surface area contributed by atoms with Gasteiger partial charge in [-0.3, -0.25) is 13.6 Å². The zero-order chi connectivity index (χ0) is 14.6. The van der Waals surface area contributed by atoms with Crippen molar-refractivity contribution in [3.05, 3.63) is 17.9 Å². The first-order valence-electron chi connectivity index (χ1n) is 7.19. The van der Waals surface area contributed by atoms with Crippen molar-refractivity contribution >= 4 is 21.3 Å². The lowest BCUT2D eigenvalue weighted by Gasteiger charge is -2.24. The van der Waals surface area contributed by atoms with Crippen LogP contribution in [0, 0.1) is 0 Å². The monoisotopic (exact) mass is 318 g/mol. The van der Waals surface area contributed by atoms with Crippen molar-refractivity contribution in [2.24, 2.45) is 0 Å². The highest BCUT2D eigenvalue weighted by atomic mass is 31.2. The standard InChI is InChI=1S/C13H23O5PSi/c1-4-20(5-2,6-3)13-9-12(10-15-13)11-18-19(14)16-7-8-17-19/h9-10H,4-8,11H2,1-3H3. The van der Waals surface area contributed by atoms with Gasteiger partial charge in [0.05, 0.1) is 31.5 Å². The first-order valence-corrected chi connectivity index (χ1v) is 11.3. The Hall–Kier alpha value is -0.393. The van der Waals surface area contributed by atoms with Crippen molar-refractivity contribution in [1.82, 2.24) is 0 Å². The average molecular weight is 318 g/mol. The highest BCUT2D eigenvalue weighted by molar-refractivity contribution is 7.48. The van der Waals surface area contributed by atoms with Gasteiger partial charge in [0, 0.05) is 5.56 Å². The quantitative estimate of drug-likeness (QED) is 0.567. The summed E-state index contributed by atoms with van der Waals surface area (Å²) in [5.74, 6) is 0. The minimum absolute atomic E-state index is 0.197. The van der Waals surface area contributed by atoms with Crippen molar-refractivity contribution < 1.29 is 22.6 Å². The summed E-state index contributed by atoms with van der Waals surface area (Å²) in [4.78, 5) is 0. The van der Waals surface area contributed by atoms with Crippen LogP contribution in [0.5, 0.6) is 0 Å². The molecule has 1 aliphatic heterocycles. The summed E-state index contributed by atoms with van der Waals surface area (Å²) in [6, 6.07) is 5.54. The number of phosphoric ester groups is 1. The van der Waals surface area contributed by atoms with Gasteiger partial charge in [-0.25, -0.2) is 4.57 Å². The molecule has 1 aromatic heterocycles. The minimum Gasteiger partial charge on any atom is -0.474 e. The maximum absolute atomic E-state index is 11.9. The van der Waals surface area contributed by atoms with E-state index in [1.165, 1.54) is 18.1 Å². The van der Waals surface area contributed by atoms with Crippen molar-refractivity contribution in [3.8, 4) is 0 Å². The normalized spacial score (nSPS) is 18.6. The second-order valence-corrected chi connectivity index (χ2v) is 11.9. The Bertz CT molecular complexity index is 465. The van der Waals surface area contributed by atoms with E-state index < -0.39 is 15.9 Å². The van der Waals surface area contributed by atoms with E-state index >= 15 is 0 Å². The highest BCUT2D eigenvalue weighted by Crippen LogP contribution is 2.53. The molecule has 114 valence electrons. The number of hydrogen-bond donors (Lipinski definition) is 0. The summed E-state index contributed by atoms with van der Waals surface area (Å²) in [6.07, 6.45) is 1.69. The van der Waals surface area contributed by atoms with Crippen LogP contribution >= 0.6 is 7.82 Å². The van der Waals surface area contributed by atoms with Crippen molar-refractivity contribution in [1.29, 1.82) is 0 Å². The molecule has 0 atom stereocenters. The van der Waals surface area contributed by atoms with Crippen molar-refractivity contribution in [2.45, 2.75) is 45.5 Å².